The normalized spacial score (nSPS) is 10.9. The van der Waals surface area contributed by atoms with Gasteiger partial charge in [0.25, 0.3) is 0 Å². The molecule has 1 aromatic heterocycles. The van der Waals surface area contributed by atoms with Gasteiger partial charge in [0.1, 0.15) is 5.69 Å². The molecule has 2 aromatic rings. The largest absolute Gasteiger partial charge is 0.381 e. The molecule has 0 aliphatic carbocycles. The van der Waals surface area contributed by atoms with Crippen LogP contribution in [0.15, 0.2) is 30.5 Å². The van der Waals surface area contributed by atoms with Crippen molar-refractivity contribution in [3.8, 4) is 23.6 Å². The highest BCUT2D eigenvalue weighted by Crippen LogP contribution is 2.09. The highest BCUT2D eigenvalue weighted by molar-refractivity contribution is 5.75. The number of nitrogens with two attached hydrogens (primary N) is 1. The molecule has 0 unspecified atom stereocenters. The number of carbonyl (C=O) groups excluding carboxylic acids is 1. The molecule has 0 aliphatic rings. The Balaban J connectivity index is 1.24. The van der Waals surface area contributed by atoms with Crippen LogP contribution in [0.1, 0.15) is 36.9 Å². The van der Waals surface area contributed by atoms with Gasteiger partial charge in [-0.3, -0.25) is 4.79 Å². The zero-order chi connectivity index (χ0) is 37.0. The lowest BCUT2D eigenvalue weighted by Crippen LogP contribution is -2.28. The van der Waals surface area contributed by atoms with E-state index in [9.17, 15) is 4.79 Å². The third kappa shape index (κ3) is 25.4. The molecule has 1 heterocycles. The van der Waals surface area contributed by atoms with Gasteiger partial charge in [0.05, 0.1) is 118 Å². The number of unbranched alkanes of at least 4 members (excludes halogenated alkanes) is 2. The number of ether oxygens (including phenoxy) is 9. The monoisotopic (exact) mass is 732 g/mol. The van der Waals surface area contributed by atoms with E-state index < -0.39 is 0 Å². The molecule has 1 aromatic carbocycles. The van der Waals surface area contributed by atoms with Crippen molar-refractivity contribution in [2.24, 2.45) is 5.73 Å². The van der Waals surface area contributed by atoms with Gasteiger partial charge >= 0.3 is 0 Å². The average Bonchev–Trinajstić information content (AvgIpc) is 3.64. The fraction of sp³-hybridized carbons (Fsp3) is 0.667. The summed E-state index contributed by atoms with van der Waals surface area (Å²) in [6, 6.07) is 9.17. The summed E-state index contributed by atoms with van der Waals surface area (Å²) in [5.41, 5.74) is 7.64. The second-order valence-electron chi connectivity index (χ2n) is 11.0. The lowest BCUT2D eigenvalue weighted by molar-refractivity contribution is -0.122. The molecule has 0 atom stereocenters. The van der Waals surface area contributed by atoms with Crippen molar-refractivity contribution < 1.29 is 47.4 Å². The summed E-state index contributed by atoms with van der Waals surface area (Å²) in [4.78, 5) is 11.9. The van der Waals surface area contributed by atoms with Gasteiger partial charge in [-0.1, -0.05) is 11.1 Å². The fourth-order valence-corrected chi connectivity index (χ4v) is 4.17. The van der Waals surface area contributed by atoms with Gasteiger partial charge in [-0.25, -0.2) is 4.68 Å². The number of amides is 1. The number of carbonyl (C=O) groups is 1. The molecule has 0 saturated heterocycles. The molecule has 1 amide bonds. The first-order valence-corrected chi connectivity index (χ1v) is 17.8. The summed E-state index contributed by atoms with van der Waals surface area (Å²) in [5, 5.41) is 19.6. The van der Waals surface area contributed by atoms with E-state index in [1.165, 1.54) is 0 Å². The number of nitrogens with one attached hydrogen (secondary N) is 1. The van der Waals surface area contributed by atoms with Crippen molar-refractivity contribution in [2.75, 3.05) is 125 Å². The molecule has 16 nitrogen and oxygen atoms in total. The molecule has 290 valence electrons. The summed E-state index contributed by atoms with van der Waals surface area (Å²) in [6.45, 7) is 9.86. The molecule has 2 rings (SSSR count). The first kappa shape index (κ1) is 44.6. The number of hydrogen-bond donors (Lipinski definition) is 2. The Bertz CT molecular complexity index is 1250. The van der Waals surface area contributed by atoms with Gasteiger partial charge in [-0.15, -0.1) is 5.10 Å². The number of aromatic nitrogens is 3. The predicted octanol–water partition coefficient (Wildman–Crippen LogP) is 1.43. The molecule has 0 radical (unpaired) electrons. The predicted molar refractivity (Wildman–Crippen MR) is 191 cm³/mol. The number of nitrogens with zero attached hydrogens (tertiary/aromatic N) is 4. The minimum Gasteiger partial charge on any atom is -0.381 e. The van der Waals surface area contributed by atoms with Crippen LogP contribution in [0.25, 0.3) is 5.69 Å². The molecule has 3 N–H and O–H groups in total. The van der Waals surface area contributed by atoms with Crippen LogP contribution < -0.4 is 11.1 Å². The Kier molecular flexibility index (Phi) is 28.6. The van der Waals surface area contributed by atoms with Crippen LogP contribution in [0.2, 0.25) is 0 Å². The minimum absolute atomic E-state index is 0.0558. The van der Waals surface area contributed by atoms with E-state index in [0.29, 0.717) is 144 Å². The van der Waals surface area contributed by atoms with Crippen molar-refractivity contribution in [3.05, 3.63) is 41.7 Å². The van der Waals surface area contributed by atoms with E-state index in [1.54, 1.807) is 16.9 Å². The molecular weight excluding hydrogens is 676 g/mol. The molecular formula is C36H56N6O10. The minimum atomic E-state index is -0.0558. The Labute approximate surface area is 307 Å². The second kappa shape index (κ2) is 33.3. The summed E-state index contributed by atoms with van der Waals surface area (Å²) in [6.07, 6.45) is 4.97. The number of nitriles is 1. The van der Waals surface area contributed by atoms with Crippen LogP contribution >= 0.6 is 0 Å². The van der Waals surface area contributed by atoms with Gasteiger partial charge in [-0.05, 0) is 43.5 Å². The molecule has 0 aliphatic heterocycles. The summed E-state index contributed by atoms with van der Waals surface area (Å²) >= 11 is 0. The Morgan fingerprint density at radius 3 is 1.77 bits per heavy atom. The van der Waals surface area contributed by atoms with Crippen molar-refractivity contribution >= 4 is 5.91 Å². The summed E-state index contributed by atoms with van der Waals surface area (Å²) in [7, 11) is 0. The fourth-order valence-electron chi connectivity index (χ4n) is 4.17. The van der Waals surface area contributed by atoms with Crippen LogP contribution in [0.3, 0.4) is 0 Å². The Morgan fingerprint density at radius 2 is 1.19 bits per heavy atom. The van der Waals surface area contributed by atoms with Crippen molar-refractivity contribution in [2.45, 2.75) is 32.3 Å². The van der Waals surface area contributed by atoms with Gasteiger partial charge in [0, 0.05) is 44.2 Å². The highest BCUT2D eigenvalue weighted by atomic mass is 16.6. The number of benzene rings is 1. The van der Waals surface area contributed by atoms with E-state index in [0.717, 1.165) is 30.5 Å². The molecule has 16 heteroatoms. The maximum absolute atomic E-state index is 11.9. The smallest absolute Gasteiger partial charge is 0.222 e. The summed E-state index contributed by atoms with van der Waals surface area (Å²) < 4.78 is 50.9. The summed E-state index contributed by atoms with van der Waals surface area (Å²) in [5.74, 6) is 5.07. The van der Waals surface area contributed by atoms with E-state index in [-0.39, 0.29) is 5.91 Å². The number of hydrogen-bond acceptors (Lipinski definition) is 14. The van der Waals surface area contributed by atoms with Crippen LogP contribution in [0.5, 0.6) is 0 Å². The van der Waals surface area contributed by atoms with Gasteiger partial charge < -0.3 is 53.7 Å². The van der Waals surface area contributed by atoms with Crippen molar-refractivity contribution in [1.29, 1.82) is 5.26 Å². The lowest BCUT2D eigenvalue weighted by Gasteiger charge is -2.09. The van der Waals surface area contributed by atoms with E-state index in [1.807, 2.05) is 24.3 Å². The van der Waals surface area contributed by atoms with Gasteiger partial charge in [-0.2, -0.15) is 5.26 Å². The third-order valence-corrected chi connectivity index (χ3v) is 6.80. The van der Waals surface area contributed by atoms with Gasteiger partial charge in [0.15, 0.2) is 6.07 Å². The first-order chi connectivity index (χ1) is 25.7. The van der Waals surface area contributed by atoms with E-state index >= 15 is 0 Å². The quantitative estimate of drug-likeness (QED) is 0.0764. The maximum atomic E-state index is 11.9. The van der Waals surface area contributed by atoms with Crippen LogP contribution in [-0.2, 0) is 54.0 Å². The molecule has 0 spiro atoms. The lowest BCUT2D eigenvalue weighted by atomic mass is 10.2. The molecule has 0 fully saturated rings. The van der Waals surface area contributed by atoms with Crippen LogP contribution in [0, 0.1) is 23.2 Å². The third-order valence-electron chi connectivity index (χ3n) is 6.80. The Hall–Kier alpha value is -3.52. The topological polar surface area (TPSA) is 193 Å². The van der Waals surface area contributed by atoms with Crippen molar-refractivity contribution in [3.63, 3.8) is 0 Å². The maximum Gasteiger partial charge on any atom is 0.222 e. The SMILES string of the molecule is N#CC#Cc1ccc(-n2cc(COCCOCCOCCCCCOCCC(=O)NCCOCCOCCOCCOCCOCCN)nn2)cc1. The molecule has 52 heavy (non-hydrogen) atoms. The average molecular weight is 733 g/mol. The first-order valence-electron chi connectivity index (χ1n) is 17.8. The molecule has 0 saturated carbocycles. The zero-order valence-electron chi connectivity index (χ0n) is 30.3. The van der Waals surface area contributed by atoms with Crippen LogP contribution in [0.4, 0.5) is 0 Å². The van der Waals surface area contributed by atoms with Crippen LogP contribution in [-0.4, -0.2) is 146 Å². The zero-order valence-corrected chi connectivity index (χ0v) is 30.3. The standard InChI is InChI=1S/C36H56N6O10/c37-11-4-5-33-6-8-35(9-7-33)42-31-34(40-41-42)32-52-30-29-51-22-19-45-15-3-1-2-14-44-16-10-36(43)39-13-18-47-21-24-49-26-28-50-27-25-48-23-20-46-17-12-38/h6-9,31H,1-3,10,12-30,32,38H2,(H,39,43). The highest BCUT2D eigenvalue weighted by Gasteiger charge is 2.04. The van der Waals surface area contributed by atoms with E-state index in [4.69, 9.17) is 53.6 Å². The second-order valence-corrected chi connectivity index (χ2v) is 11.0. The van der Waals surface area contributed by atoms with Crippen molar-refractivity contribution in [1.82, 2.24) is 20.3 Å². The van der Waals surface area contributed by atoms with E-state index in [2.05, 4.69) is 27.5 Å². The van der Waals surface area contributed by atoms with Gasteiger partial charge in [0.2, 0.25) is 5.91 Å². The number of rotatable bonds is 35. The molecule has 0 bridgehead atoms. The Morgan fingerprint density at radius 1 is 0.673 bits per heavy atom.